The molecular formula is C22H23N3O3. The topological polar surface area (TPSA) is 67.6 Å². The lowest BCUT2D eigenvalue weighted by Gasteiger charge is -2.27. The van der Waals surface area contributed by atoms with Gasteiger partial charge in [0.2, 0.25) is 5.91 Å². The summed E-state index contributed by atoms with van der Waals surface area (Å²) < 4.78 is 7.44. The van der Waals surface area contributed by atoms with Gasteiger partial charge in [-0.05, 0) is 17.2 Å². The van der Waals surface area contributed by atoms with Crippen LogP contribution in [0.1, 0.15) is 28.6 Å². The fourth-order valence-corrected chi connectivity index (χ4v) is 3.36. The zero-order valence-electron chi connectivity index (χ0n) is 15.6. The van der Waals surface area contributed by atoms with Crippen LogP contribution in [0.4, 0.5) is 0 Å². The Bertz CT molecular complexity index is 925. The minimum atomic E-state index is -0.766. The third-order valence-corrected chi connectivity index (χ3v) is 4.90. The largest absolute Gasteiger partial charge is 0.382 e. The number of hydrogen-bond acceptors (Lipinski definition) is 4. The van der Waals surface area contributed by atoms with Crippen molar-refractivity contribution in [2.75, 3.05) is 13.2 Å². The van der Waals surface area contributed by atoms with Crippen LogP contribution in [0.2, 0.25) is 0 Å². The Labute approximate surface area is 164 Å². The van der Waals surface area contributed by atoms with Gasteiger partial charge in [-0.3, -0.25) is 9.48 Å². The number of carbonyl (C=O) groups is 1. The number of hydrogen-bond donors (Lipinski definition) is 1. The van der Waals surface area contributed by atoms with Crippen LogP contribution in [0.15, 0.2) is 66.7 Å². The van der Waals surface area contributed by atoms with E-state index < -0.39 is 6.10 Å². The molecule has 6 nitrogen and oxygen atoms in total. The molecule has 1 unspecified atom stereocenters. The highest BCUT2D eigenvalue weighted by Crippen LogP contribution is 2.23. The summed E-state index contributed by atoms with van der Waals surface area (Å²) in [6.45, 7) is 2.15. The Morgan fingerprint density at radius 1 is 1.07 bits per heavy atom. The normalized spacial score (nSPS) is 14.5. The third-order valence-electron chi connectivity index (χ3n) is 4.90. The smallest absolute Gasteiger partial charge is 0.248 e. The van der Waals surface area contributed by atoms with E-state index in [2.05, 4.69) is 5.10 Å². The lowest BCUT2D eigenvalue weighted by atomic mass is 10.1. The van der Waals surface area contributed by atoms with Gasteiger partial charge in [0.05, 0.1) is 31.1 Å². The van der Waals surface area contributed by atoms with Crippen LogP contribution in [0.5, 0.6) is 0 Å². The minimum absolute atomic E-state index is 0.0338. The Kier molecular flexibility index (Phi) is 5.50. The summed E-state index contributed by atoms with van der Waals surface area (Å²) in [5, 5.41) is 15.1. The summed E-state index contributed by atoms with van der Waals surface area (Å²) in [4.78, 5) is 14.3. The molecule has 1 aliphatic rings. The number of aliphatic hydroxyl groups excluding tert-OH is 1. The van der Waals surface area contributed by atoms with E-state index in [9.17, 15) is 9.90 Å². The first-order chi connectivity index (χ1) is 13.7. The molecule has 6 heteroatoms. The molecule has 1 atom stereocenters. The van der Waals surface area contributed by atoms with Crippen molar-refractivity contribution in [3.63, 3.8) is 0 Å². The van der Waals surface area contributed by atoms with Crippen molar-refractivity contribution < 1.29 is 14.6 Å². The molecule has 0 aliphatic carbocycles. The molecule has 2 heterocycles. The average Bonchev–Trinajstić information content (AvgIpc) is 3.18. The molecule has 0 saturated heterocycles. The van der Waals surface area contributed by atoms with Gasteiger partial charge >= 0.3 is 0 Å². The summed E-state index contributed by atoms with van der Waals surface area (Å²) in [6.07, 6.45) is -0.766. The van der Waals surface area contributed by atoms with Crippen LogP contribution in [0.25, 0.3) is 0 Å². The maximum absolute atomic E-state index is 12.5. The van der Waals surface area contributed by atoms with Crippen molar-refractivity contribution in [1.82, 2.24) is 14.7 Å². The Morgan fingerprint density at radius 3 is 2.54 bits per heavy atom. The summed E-state index contributed by atoms with van der Waals surface area (Å²) in [6, 6.07) is 21.1. The van der Waals surface area contributed by atoms with E-state index in [-0.39, 0.29) is 12.5 Å². The second-order valence-corrected chi connectivity index (χ2v) is 6.89. The second kappa shape index (κ2) is 8.37. The molecule has 28 heavy (non-hydrogen) atoms. The summed E-state index contributed by atoms with van der Waals surface area (Å²) in [5.74, 6) is -0.0338. The zero-order valence-corrected chi connectivity index (χ0v) is 15.6. The van der Waals surface area contributed by atoms with Gasteiger partial charge in [-0.25, -0.2) is 0 Å². The number of aromatic nitrogens is 2. The predicted molar refractivity (Wildman–Crippen MR) is 104 cm³/mol. The number of carbonyl (C=O) groups excluding carboxylic acids is 1. The van der Waals surface area contributed by atoms with Crippen LogP contribution >= 0.6 is 0 Å². The molecular weight excluding hydrogens is 354 g/mol. The van der Waals surface area contributed by atoms with Gasteiger partial charge in [0.25, 0.3) is 0 Å². The Hall–Kier alpha value is -2.96. The first-order valence-electron chi connectivity index (χ1n) is 9.40. The number of amides is 1. The van der Waals surface area contributed by atoms with Crippen LogP contribution in [0, 0.1) is 0 Å². The summed E-state index contributed by atoms with van der Waals surface area (Å²) in [5.41, 5.74) is 3.38. The van der Waals surface area contributed by atoms with Gasteiger partial charge in [-0.15, -0.1) is 0 Å². The van der Waals surface area contributed by atoms with Crippen LogP contribution in [0.3, 0.4) is 0 Å². The highest BCUT2D eigenvalue weighted by atomic mass is 16.5. The van der Waals surface area contributed by atoms with Crippen molar-refractivity contribution in [1.29, 1.82) is 0 Å². The molecule has 0 spiro atoms. The first kappa shape index (κ1) is 18.4. The SMILES string of the molecule is O=C(COCc1ccccc1)N1CCn2nc(C(O)c3ccccc3)cc2C1. The first-order valence-corrected chi connectivity index (χ1v) is 9.40. The summed E-state index contributed by atoms with van der Waals surface area (Å²) in [7, 11) is 0. The third kappa shape index (κ3) is 4.13. The zero-order chi connectivity index (χ0) is 19.3. The number of aliphatic hydroxyl groups is 1. The molecule has 0 saturated carbocycles. The van der Waals surface area contributed by atoms with E-state index in [0.717, 1.165) is 16.8 Å². The van der Waals surface area contributed by atoms with Crippen molar-refractivity contribution >= 4 is 5.91 Å². The number of ether oxygens (including phenoxy) is 1. The van der Waals surface area contributed by atoms with Crippen molar-refractivity contribution in [2.45, 2.75) is 25.8 Å². The predicted octanol–water partition coefficient (Wildman–Crippen LogP) is 2.52. The molecule has 0 fully saturated rings. The van der Waals surface area contributed by atoms with E-state index in [1.807, 2.05) is 71.4 Å². The monoisotopic (exact) mass is 377 g/mol. The Balaban J connectivity index is 1.35. The highest BCUT2D eigenvalue weighted by Gasteiger charge is 2.24. The fourth-order valence-electron chi connectivity index (χ4n) is 3.36. The number of nitrogens with zero attached hydrogens (tertiary/aromatic N) is 3. The van der Waals surface area contributed by atoms with Crippen molar-refractivity contribution in [2.24, 2.45) is 0 Å². The van der Waals surface area contributed by atoms with Gasteiger partial charge < -0.3 is 14.7 Å². The fraction of sp³-hybridized carbons (Fsp3) is 0.273. The minimum Gasteiger partial charge on any atom is -0.382 e. The molecule has 4 rings (SSSR count). The number of benzene rings is 2. The van der Waals surface area contributed by atoms with E-state index >= 15 is 0 Å². The van der Waals surface area contributed by atoms with Crippen LogP contribution in [-0.2, 0) is 29.2 Å². The quantitative estimate of drug-likeness (QED) is 0.717. The number of fused-ring (bicyclic) bond motifs is 1. The molecule has 0 bridgehead atoms. The average molecular weight is 377 g/mol. The van der Waals surface area contributed by atoms with Crippen LogP contribution in [-0.4, -0.2) is 38.8 Å². The van der Waals surface area contributed by atoms with Gasteiger partial charge in [0.1, 0.15) is 12.7 Å². The molecule has 2 aromatic carbocycles. The van der Waals surface area contributed by atoms with E-state index in [4.69, 9.17) is 4.74 Å². The maximum Gasteiger partial charge on any atom is 0.248 e. The Morgan fingerprint density at radius 2 is 1.79 bits per heavy atom. The molecule has 1 aromatic heterocycles. The lowest BCUT2D eigenvalue weighted by Crippen LogP contribution is -2.40. The molecule has 144 valence electrons. The highest BCUT2D eigenvalue weighted by molar-refractivity contribution is 5.77. The maximum atomic E-state index is 12.5. The van der Waals surface area contributed by atoms with Crippen LogP contribution < -0.4 is 0 Å². The van der Waals surface area contributed by atoms with E-state index in [0.29, 0.717) is 31.9 Å². The van der Waals surface area contributed by atoms with Gasteiger partial charge in [-0.2, -0.15) is 5.10 Å². The molecule has 1 amide bonds. The molecule has 1 aliphatic heterocycles. The van der Waals surface area contributed by atoms with E-state index in [1.165, 1.54) is 0 Å². The molecule has 3 aromatic rings. The van der Waals surface area contributed by atoms with Crippen molar-refractivity contribution in [3.8, 4) is 0 Å². The van der Waals surface area contributed by atoms with Gasteiger partial charge in [-0.1, -0.05) is 60.7 Å². The summed E-state index contributed by atoms with van der Waals surface area (Å²) >= 11 is 0. The molecule has 1 N–H and O–H groups in total. The lowest BCUT2D eigenvalue weighted by molar-refractivity contribution is -0.138. The number of rotatable bonds is 6. The second-order valence-electron chi connectivity index (χ2n) is 6.89. The van der Waals surface area contributed by atoms with Gasteiger partial charge in [0, 0.05) is 6.54 Å². The van der Waals surface area contributed by atoms with Crippen molar-refractivity contribution in [3.05, 3.63) is 89.2 Å². The van der Waals surface area contributed by atoms with Gasteiger partial charge in [0.15, 0.2) is 0 Å². The molecule has 0 radical (unpaired) electrons. The standard InChI is InChI=1S/C22H23N3O3/c26-21(16-28-15-17-7-3-1-4-8-17)24-11-12-25-19(14-24)13-20(23-25)22(27)18-9-5-2-6-10-18/h1-10,13,22,27H,11-12,14-16H2. The van der Waals surface area contributed by atoms with E-state index in [1.54, 1.807) is 4.90 Å².